The molecule has 2 rings (SSSR count). The fourth-order valence-corrected chi connectivity index (χ4v) is 2.93. The Labute approximate surface area is 107 Å². The summed E-state index contributed by atoms with van der Waals surface area (Å²) in [4.78, 5) is 0. The Kier molecular flexibility index (Phi) is 3.73. The van der Waals surface area contributed by atoms with Crippen LogP contribution in [0.3, 0.4) is 0 Å². The van der Waals surface area contributed by atoms with Crippen molar-refractivity contribution in [2.45, 2.75) is 39.1 Å². The van der Waals surface area contributed by atoms with Crippen LogP contribution in [-0.4, -0.2) is 27.0 Å². The Morgan fingerprint density at radius 2 is 1.83 bits per heavy atom. The van der Waals surface area contributed by atoms with E-state index in [-0.39, 0.29) is 19.1 Å². The number of aliphatic hydroxyl groups excluding tert-OH is 4. The van der Waals surface area contributed by atoms with Crippen LogP contribution in [0.4, 0.5) is 0 Å². The van der Waals surface area contributed by atoms with Gasteiger partial charge in [0.1, 0.15) is 0 Å². The fraction of sp³-hybridized carbons (Fsp3) is 0.571. The van der Waals surface area contributed by atoms with Crippen molar-refractivity contribution in [1.29, 1.82) is 0 Å². The Hall–Kier alpha value is -0.940. The summed E-state index contributed by atoms with van der Waals surface area (Å²) in [6.07, 6.45) is -0.922. The van der Waals surface area contributed by atoms with Gasteiger partial charge >= 0.3 is 0 Å². The first kappa shape index (κ1) is 13.5. The van der Waals surface area contributed by atoms with Crippen LogP contribution in [0.2, 0.25) is 0 Å². The van der Waals surface area contributed by atoms with E-state index in [9.17, 15) is 15.3 Å². The summed E-state index contributed by atoms with van der Waals surface area (Å²) >= 11 is 0. The summed E-state index contributed by atoms with van der Waals surface area (Å²) in [6.45, 7) is 3.55. The quantitative estimate of drug-likeness (QED) is 0.639. The average Bonchev–Trinajstić information content (AvgIpc) is 2.57. The normalized spacial score (nSPS) is 26.4. The van der Waals surface area contributed by atoms with Gasteiger partial charge in [-0.1, -0.05) is 13.0 Å². The SMILES string of the molecule is Cc1c(CCO)c(CO)cc2c1C(O)C(C)C2O. The molecule has 0 fully saturated rings. The van der Waals surface area contributed by atoms with Crippen LogP contribution in [0.15, 0.2) is 6.07 Å². The van der Waals surface area contributed by atoms with Gasteiger partial charge in [0.15, 0.2) is 0 Å². The highest BCUT2D eigenvalue weighted by Crippen LogP contribution is 2.46. The molecule has 1 aliphatic rings. The predicted octanol–water partition coefficient (Wildman–Crippen LogP) is 0.739. The molecule has 18 heavy (non-hydrogen) atoms. The Morgan fingerprint density at radius 3 is 2.39 bits per heavy atom. The van der Waals surface area contributed by atoms with Crippen molar-refractivity contribution in [2.75, 3.05) is 6.61 Å². The molecule has 0 amide bonds. The first-order valence-electron chi connectivity index (χ1n) is 6.25. The van der Waals surface area contributed by atoms with E-state index >= 15 is 0 Å². The zero-order valence-electron chi connectivity index (χ0n) is 10.7. The number of fused-ring (bicyclic) bond motifs is 1. The summed E-state index contributed by atoms with van der Waals surface area (Å²) in [6, 6.07) is 1.75. The molecule has 1 aromatic rings. The molecule has 4 heteroatoms. The van der Waals surface area contributed by atoms with Gasteiger partial charge in [-0.15, -0.1) is 0 Å². The van der Waals surface area contributed by atoms with Crippen molar-refractivity contribution in [3.05, 3.63) is 33.9 Å². The maximum absolute atomic E-state index is 10.2. The second kappa shape index (κ2) is 4.97. The van der Waals surface area contributed by atoms with E-state index < -0.39 is 12.2 Å². The van der Waals surface area contributed by atoms with E-state index in [1.165, 1.54) is 0 Å². The minimum Gasteiger partial charge on any atom is -0.396 e. The van der Waals surface area contributed by atoms with E-state index in [4.69, 9.17) is 5.11 Å². The third-order valence-electron chi connectivity index (χ3n) is 4.03. The molecule has 0 bridgehead atoms. The van der Waals surface area contributed by atoms with Crippen molar-refractivity contribution in [3.63, 3.8) is 0 Å². The molecule has 0 radical (unpaired) electrons. The topological polar surface area (TPSA) is 80.9 Å². The Morgan fingerprint density at radius 1 is 1.17 bits per heavy atom. The van der Waals surface area contributed by atoms with Gasteiger partial charge in [0.05, 0.1) is 18.8 Å². The summed E-state index contributed by atoms with van der Waals surface area (Å²) in [5.41, 5.74) is 3.94. The smallest absolute Gasteiger partial charge is 0.0849 e. The molecule has 0 aliphatic heterocycles. The molecule has 4 N–H and O–H groups in total. The number of benzene rings is 1. The number of aliphatic hydroxyl groups is 4. The van der Waals surface area contributed by atoms with Gasteiger partial charge in [-0.3, -0.25) is 0 Å². The number of hydrogen-bond donors (Lipinski definition) is 4. The minimum atomic E-state index is -0.692. The molecule has 0 saturated heterocycles. The lowest BCUT2D eigenvalue weighted by molar-refractivity contribution is 0.0451. The third kappa shape index (κ3) is 1.86. The van der Waals surface area contributed by atoms with Crippen LogP contribution in [-0.2, 0) is 13.0 Å². The van der Waals surface area contributed by atoms with E-state index in [2.05, 4.69) is 0 Å². The fourth-order valence-electron chi connectivity index (χ4n) is 2.93. The standard InChI is InChI=1S/C14H20O4/c1-7-10(3-4-15)9(6-16)5-11-12(7)14(18)8(2)13(11)17/h5,8,13-18H,3-4,6H2,1-2H3. The van der Waals surface area contributed by atoms with E-state index in [1.807, 2.05) is 6.92 Å². The lowest BCUT2D eigenvalue weighted by Gasteiger charge is -2.17. The molecule has 0 saturated carbocycles. The van der Waals surface area contributed by atoms with Gasteiger partial charge in [-0.2, -0.15) is 0 Å². The van der Waals surface area contributed by atoms with Crippen LogP contribution in [0, 0.1) is 12.8 Å². The molecule has 100 valence electrons. The molecule has 3 unspecified atom stereocenters. The largest absolute Gasteiger partial charge is 0.396 e. The van der Waals surface area contributed by atoms with Crippen LogP contribution >= 0.6 is 0 Å². The van der Waals surface area contributed by atoms with Gasteiger partial charge < -0.3 is 20.4 Å². The van der Waals surface area contributed by atoms with Crippen LogP contribution in [0.1, 0.15) is 46.9 Å². The molecule has 1 aliphatic carbocycles. The van der Waals surface area contributed by atoms with Gasteiger partial charge in [0, 0.05) is 12.5 Å². The molecule has 0 spiro atoms. The predicted molar refractivity (Wildman–Crippen MR) is 67.0 cm³/mol. The van der Waals surface area contributed by atoms with Crippen molar-refractivity contribution in [3.8, 4) is 0 Å². The van der Waals surface area contributed by atoms with E-state index in [0.717, 1.165) is 22.3 Å². The lowest BCUT2D eigenvalue weighted by atomic mass is 9.91. The summed E-state index contributed by atoms with van der Waals surface area (Å²) in [5, 5.41) is 38.7. The summed E-state index contributed by atoms with van der Waals surface area (Å²) in [5.74, 6) is -0.241. The highest BCUT2D eigenvalue weighted by atomic mass is 16.3. The lowest BCUT2D eigenvalue weighted by Crippen LogP contribution is -2.08. The zero-order chi connectivity index (χ0) is 13.4. The average molecular weight is 252 g/mol. The highest BCUT2D eigenvalue weighted by molar-refractivity contribution is 5.50. The van der Waals surface area contributed by atoms with Crippen molar-refractivity contribution >= 4 is 0 Å². The number of hydrogen-bond acceptors (Lipinski definition) is 4. The molecule has 1 aromatic carbocycles. The van der Waals surface area contributed by atoms with Crippen LogP contribution in [0.5, 0.6) is 0 Å². The minimum absolute atomic E-state index is 0.000822. The monoisotopic (exact) mass is 252 g/mol. The molecular formula is C14H20O4. The molecule has 4 nitrogen and oxygen atoms in total. The Balaban J connectivity index is 2.62. The second-order valence-corrected chi connectivity index (χ2v) is 5.02. The van der Waals surface area contributed by atoms with Crippen molar-refractivity contribution < 1.29 is 20.4 Å². The van der Waals surface area contributed by atoms with Crippen molar-refractivity contribution in [1.82, 2.24) is 0 Å². The van der Waals surface area contributed by atoms with E-state index in [1.54, 1.807) is 13.0 Å². The van der Waals surface area contributed by atoms with Gasteiger partial charge in [0.2, 0.25) is 0 Å². The van der Waals surface area contributed by atoms with Crippen LogP contribution < -0.4 is 0 Å². The number of rotatable bonds is 3. The first-order chi connectivity index (χ1) is 8.52. The molecular weight excluding hydrogens is 232 g/mol. The third-order valence-corrected chi connectivity index (χ3v) is 4.03. The maximum atomic E-state index is 10.2. The molecule has 3 atom stereocenters. The zero-order valence-corrected chi connectivity index (χ0v) is 10.7. The van der Waals surface area contributed by atoms with Crippen LogP contribution in [0.25, 0.3) is 0 Å². The maximum Gasteiger partial charge on any atom is 0.0849 e. The van der Waals surface area contributed by atoms with Gasteiger partial charge in [0.25, 0.3) is 0 Å². The van der Waals surface area contributed by atoms with E-state index in [0.29, 0.717) is 12.0 Å². The van der Waals surface area contributed by atoms with Crippen molar-refractivity contribution in [2.24, 2.45) is 5.92 Å². The molecule has 0 aromatic heterocycles. The first-order valence-corrected chi connectivity index (χ1v) is 6.25. The Bertz CT molecular complexity index is 456. The van der Waals surface area contributed by atoms with Gasteiger partial charge in [-0.05, 0) is 41.2 Å². The summed E-state index contributed by atoms with van der Waals surface area (Å²) in [7, 11) is 0. The van der Waals surface area contributed by atoms with Gasteiger partial charge in [-0.25, -0.2) is 0 Å². The summed E-state index contributed by atoms with van der Waals surface area (Å²) < 4.78 is 0. The molecule has 0 heterocycles. The second-order valence-electron chi connectivity index (χ2n) is 5.02. The highest BCUT2D eigenvalue weighted by Gasteiger charge is 2.37.